The van der Waals surface area contributed by atoms with Gasteiger partial charge in [-0.1, -0.05) is 55.9 Å². The Morgan fingerprint density at radius 1 is 0.542 bits per heavy atom. The van der Waals surface area contributed by atoms with E-state index in [0.29, 0.717) is 13.1 Å². The fourth-order valence-electron chi connectivity index (χ4n) is 7.07. The standard InChI is InChI=1S/C23H49N5O6.2C8H21N3.C6H6O6.CH4O.2CH4/c1-5-8-14-27(12-6-2)16-10-25-22(33)20(31)18(29)19(30)21(32)23(34)26-11-17-28(13-7-3)15-9-24-4;2*1-3-6-11(7-4-9)8-5-10-2;7-1-3-4(12-5(1)9)2(8)6(10)11-3;1-2;;/h18-21,24,29-32H,5-17H2,1-4H3,(H,25,33)(H,26,34);2*10H,3-9H2,1-2H3;1-4,7-8H;2H,1H3;2*1H4/p+1/t18-,19-,20-,21+;;;1-,2+,3-,4-;;;/m1..1.../s1. The van der Waals surface area contributed by atoms with Crippen molar-refractivity contribution in [3.8, 4) is 0 Å². The first-order valence-corrected chi connectivity index (χ1v) is 25.4. The van der Waals surface area contributed by atoms with Gasteiger partial charge in [0.15, 0.2) is 36.6 Å². The number of carbonyl (C=O) groups is 4. The normalized spacial score (nSPS) is 18.2. The lowest BCUT2D eigenvalue weighted by atomic mass is 10.0. The van der Waals surface area contributed by atoms with Gasteiger partial charge in [0.05, 0.1) is 6.54 Å². The van der Waals surface area contributed by atoms with E-state index in [9.17, 15) is 39.6 Å². The van der Waals surface area contributed by atoms with Gasteiger partial charge in [-0.25, -0.2) is 9.59 Å². The largest absolute Gasteiger partial charge is 0.453 e. The molecule has 2 saturated heterocycles. The van der Waals surface area contributed by atoms with E-state index in [1.165, 1.54) is 25.9 Å². The highest BCUT2D eigenvalue weighted by Gasteiger charge is 2.57. The number of hydrogen-bond acceptors (Lipinski definition) is 21. The SMILES string of the molecule is C.C.CCCCN(CCC)CCNC(=O)[C@H](O)[C@H](O)[C@@H](O)[C@H](O)C(=O)NCCN(CCC)CCNC.CCCN(CCN)CCNC.CCCN(CC[NH3+])CCNC.CO.O=C1O[C@H]2[C@H](OC(=O)[C@@H]2O)[C@@H]1O. The lowest BCUT2D eigenvalue weighted by Gasteiger charge is -2.26. The van der Waals surface area contributed by atoms with Gasteiger partial charge in [0, 0.05) is 92.2 Å². The molecule has 72 heavy (non-hydrogen) atoms. The van der Waals surface area contributed by atoms with E-state index in [-0.39, 0.29) is 27.9 Å². The zero-order chi connectivity index (χ0) is 53.9. The number of rotatable bonds is 35. The predicted octanol–water partition coefficient (Wildman–Crippen LogP) is -4.42. The number of aliphatic hydroxyl groups excluding tert-OH is 7. The minimum absolute atomic E-state index is 0. The molecule has 2 rings (SSSR count). The smallest absolute Gasteiger partial charge is 0.339 e. The summed E-state index contributed by atoms with van der Waals surface area (Å²) in [7, 11) is 6.83. The fourth-order valence-corrected chi connectivity index (χ4v) is 7.07. The van der Waals surface area contributed by atoms with Crippen molar-refractivity contribution in [3.05, 3.63) is 0 Å². The zero-order valence-electron chi connectivity index (χ0n) is 44.4. The molecule has 0 aromatic rings. The number of aliphatic hydroxyl groups is 7. The number of esters is 2. The highest BCUT2D eigenvalue weighted by molar-refractivity contribution is 5.85. The maximum Gasteiger partial charge on any atom is 0.339 e. The van der Waals surface area contributed by atoms with Crippen molar-refractivity contribution in [1.82, 2.24) is 46.2 Å². The van der Waals surface area contributed by atoms with Crippen LogP contribution in [0.4, 0.5) is 0 Å². The summed E-state index contributed by atoms with van der Waals surface area (Å²) in [5.74, 6) is -3.48. The third-order valence-electron chi connectivity index (χ3n) is 10.9. The number of carbonyl (C=O) groups excluding carboxylic acids is 4. The zero-order valence-corrected chi connectivity index (χ0v) is 44.4. The molecule has 0 aromatic carbocycles. The van der Waals surface area contributed by atoms with Gasteiger partial charge >= 0.3 is 11.9 Å². The second-order valence-corrected chi connectivity index (χ2v) is 16.8. The summed E-state index contributed by atoms with van der Waals surface area (Å²) < 4.78 is 8.99. The lowest BCUT2D eigenvalue weighted by molar-refractivity contribution is -0.368. The maximum atomic E-state index is 12.2. The number of quaternary nitrogens is 1. The fraction of sp³-hybridized carbons (Fsp3) is 0.917. The quantitative estimate of drug-likeness (QED) is 0.0267. The van der Waals surface area contributed by atoms with Gasteiger partial charge in [0.1, 0.15) is 12.2 Å². The average Bonchev–Trinajstić information content (AvgIpc) is 3.80. The molecule has 0 saturated carbocycles. The first-order valence-electron chi connectivity index (χ1n) is 25.4. The molecule has 8 atom stereocenters. The summed E-state index contributed by atoms with van der Waals surface area (Å²) in [5, 5.41) is 79.9. The first kappa shape index (κ1) is 78.1. The van der Waals surface area contributed by atoms with Gasteiger partial charge in [-0.3, -0.25) is 14.5 Å². The van der Waals surface area contributed by atoms with Gasteiger partial charge in [-0.2, -0.15) is 0 Å². The molecule has 434 valence electrons. The van der Waals surface area contributed by atoms with Crippen molar-refractivity contribution in [3.63, 3.8) is 0 Å². The number of likely N-dealkylation sites (N-methyl/N-ethyl adjacent to an activating group) is 3. The highest BCUT2D eigenvalue weighted by atomic mass is 16.7. The van der Waals surface area contributed by atoms with E-state index in [0.717, 1.165) is 118 Å². The number of amides is 2. The molecule has 24 nitrogen and oxygen atoms in total. The summed E-state index contributed by atoms with van der Waals surface area (Å²) in [6.45, 7) is 27.3. The average molecular weight is 1050 g/mol. The first-order chi connectivity index (χ1) is 33.5. The van der Waals surface area contributed by atoms with Crippen molar-refractivity contribution >= 4 is 23.8 Å². The summed E-state index contributed by atoms with van der Waals surface area (Å²) in [6, 6.07) is 0. The molecule has 2 aliphatic heterocycles. The Kier molecular flexibility index (Phi) is 56.1. The van der Waals surface area contributed by atoms with E-state index >= 15 is 0 Å². The molecule has 17 N–H and O–H groups in total. The van der Waals surface area contributed by atoms with Crippen LogP contribution in [0.5, 0.6) is 0 Å². The minimum atomic E-state index is -2.02. The second-order valence-electron chi connectivity index (χ2n) is 16.8. The Morgan fingerprint density at radius 3 is 1.14 bits per heavy atom. The molecular weight excluding hydrogens is 939 g/mol. The Balaban J connectivity index is -0.000000319. The third-order valence-corrected chi connectivity index (χ3v) is 10.9. The Hall–Kier alpha value is -2.76. The van der Waals surface area contributed by atoms with Crippen LogP contribution in [0.1, 0.15) is 88.0 Å². The second kappa shape index (κ2) is 51.7. The van der Waals surface area contributed by atoms with Crippen LogP contribution in [-0.2, 0) is 28.7 Å². The Labute approximate surface area is 434 Å². The molecule has 0 bridgehead atoms. The summed E-state index contributed by atoms with van der Waals surface area (Å²) in [5.41, 5.74) is 9.32. The Morgan fingerprint density at radius 2 is 0.847 bits per heavy atom. The molecule has 0 radical (unpaired) electrons. The van der Waals surface area contributed by atoms with Crippen LogP contribution in [0, 0.1) is 0 Å². The van der Waals surface area contributed by atoms with E-state index in [2.05, 4.69) is 96.0 Å². The van der Waals surface area contributed by atoms with Crippen LogP contribution in [0.2, 0.25) is 0 Å². The molecule has 2 heterocycles. The number of nitrogens with one attached hydrogen (secondary N) is 5. The van der Waals surface area contributed by atoms with Crippen molar-refractivity contribution < 1.29 is 70.1 Å². The predicted molar refractivity (Wildman–Crippen MR) is 284 cm³/mol. The molecule has 0 unspecified atom stereocenters. The van der Waals surface area contributed by atoms with Crippen molar-refractivity contribution in [2.24, 2.45) is 5.73 Å². The molecule has 0 spiro atoms. The molecule has 2 aliphatic rings. The van der Waals surface area contributed by atoms with Crippen molar-refractivity contribution in [2.45, 2.75) is 137 Å². The molecule has 2 amide bonds. The summed E-state index contributed by atoms with van der Waals surface area (Å²) in [4.78, 5) is 54.9. The maximum absolute atomic E-state index is 12.2. The molecule has 24 heteroatoms. The van der Waals surface area contributed by atoms with Gasteiger partial charge in [0.25, 0.3) is 11.8 Å². The van der Waals surface area contributed by atoms with E-state index in [4.69, 9.17) is 21.1 Å². The lowest BCUT2D eigenvalue weighted by Crippen LogP contribution is -2.55. The van der Waals surface area contributed by atoms with Gasteiger partial charge < -0.3 is 98.0 Å². The van der Waals surface area contributed by atoms with Gasteiger partial charge in [-0.05, 0) is 86.0 Å². The molecular formula is C48H110N11O13+. The van der Waals surface area contributed by atoms with E-state index in [1.807, 2.05) is 21.1 Å². The summed E-state index contributed by atoms with van der Waals surface area (Å²) >= 11 is 0. The van der Waals surface area contributed by atoms with E-state index in [1.54, 1.807) is 0 Å². The monoisotopic (exact) mass is 1050 g/mol. The van der Waals surface area contributed by atoms with Crippen LogP contribution in [-0.4, -0.2) is 281 Å². The minimum Gasteiger partial charge on any atom is -0.453 e. The molecule has 0 aromatic heterocycles. The van der Waals surface area contributed by atoms with Crippen molar-refractivity contribution in [2.75, 3.05) is 153 Å². The number of fused-ring (bicyclic) bond motifs is 1. The van der Waals surface area contributed by atoms with Crippen LogP contribution < -0.4 is 38.1 Å². The summed E-state index contributed by atoms with van der Waals surface area (Å²) in [6.07, 6.45) is -6.49. The number of nitrogens with two attached hydrogens (primary N) is 1. The topological polar surface area (TPSA) is 355 Å². The van der Waals surface area contributed by atoms with Gasteiger partial charge in [0.2, 0.25) is 0 Å². The van der Waals surface area contributed by atoms with Crippen molar-refractivity contribution in [1.29, 1.82) is 0 Å². The third kappa shape index (κ3) is 35.4. The molecule has 0 aliphatic carbocycles. The Bertz CT molecular complexity index is 1170. The van der Waals surface area contributed by atoms with Crippen LogP contribution in [0.25, 0.3) is 0 Å². The number of unbranched alkanes of at least 4 members (excludes halogenated alkanes) is 1. The number of ether oxygens (including phenoxy) is 2. The van der Waals surface area contributed by atoms with Crippen LogP contribution >= 0.6 is 0 Å². The number of hydrogen-bond donors (Lipinski definition) is 14. The van der Waals surface area contributed by atoms with Crippen LogP contribution in [0.3, 0.4) is 0 Å². The van der Waals surface area contributed by atoms with E-state index < -0.39 is 72.6 Å². The van der Waals surface area contributed by atoms with Crippen LogP contribution in [0.15, 0.2) is 0 Å². The molecule has 2 fully saturated rings. The van der Waals surface area contributed by atoms with Gasteiger partial charge in [-0.15, -0.1) is 0 Å². The number of nitrogens with zero attached hydrogens (tertiary/aromatic N) is 4. The highest BCUT2D eigenvalue weighted by Crippen LogP contribution is 2.28.